The molecule has 0 saturated carbocycles. The highest BCUT2D eigenvalue weighted by Gasteiger charge is 2.31. The molecule has 142 valence electrons. The van der Waals surface area contributed by atoms with Gasteiger partial charge in [-0.25, -0.2) is 13.2 Å². The Hall–Kier alpha value is -1.29. The van der Waals surface area contributed by atoms with E-state index >= 15 is 0 Å². The van der Waals surface area contributed by atoms with Crippen LogP contribution in [0.15, 0.2) is 32.3 Å². The molecule has 2 saturated heterocycles. The van der Waals surface area contributed by atoms with Gasteiger partial charge in [-0.05, 0) is 42.5 Å². The molecule has 0 aliphatic carbocycles. The maximum absolute atomic E-state index is 13.0. The van der Waals surface area contributed by atoms with E-state index in [2.05, 4.69) is 4.90 Å². The first kappa shape index (κ1) is 18.1. The van der Waals surface area contributed by atoms with Crippen LogP contribution >= 0.6 is 11.8 Å². The van der Waals surface area contributed by atoms with Crippen LogP contribution in [-0.2, 0) is 17.1 Å². The van der Waals surface area contributed by atoms with Crippen molar-refractivity contribution in [1.82, 2.24) is 13.8 Å². The predicted octanol–water partition coefficient (Wildman–Crippen LogP) is 1.33. The molecule has 0 spiro atoms. The molecule has 0 amide bonds. The number of sulfonamides is 1. The summed E-state index contributed by atoms with van der Waals surface area (Å²) in [4.78, 5) is 14.3. The van der Waals surface area contributed by atoms with Crippen molar-refractivity contribution in [3.05, 3.63) is 28.7 Å². The second-order valence-corrected chi connectivity index (χ2v) is 10.0. The van der Waals surface area contributed by atoms with Crippen molar-refractivity contribution in [1.29, 1.82) is 0 Å². The van der Waals surface area contributed by atoms with Gasteiger partial charge >= 0.3 is 5.76 Å². The molecular weight excluding hydrogens is 374 g/mol. The van der Waals surface area contributed by atoms with Crippen molar-refractivity contribution >= 4 is 32.9 Å². The van der Waals surface area contributed by atoms with Gasteiger partial charge in [0.15, 0.2) is 5.58 Å². The molecule has 7 nitrogen and oxygen atoms in total. The average molecular weight is 398 g/mol. The van der Waals surface area contributed by atoms with Crippen LogP contribution in [-0.4, -0.2) is 65.9 Å². The van der Waals surface area contributed by atoms with E-state index in [1.54, 1.807) is 17.4 Å². The van der Waals surface area contributed by atoms with E-state index in [1.165, 1.54) is 41.0 Å². The predicted molar refractivity (Wildman–Crippen MR) is 102 cm³/mol. The molecule has 2 aliphatic rings. The molecule has 26 heavy (non-hydrogen) atoms. The number of aromatic nitrogens is 1. The van der Waals surface area contributed by atoms with E-state index in [1.807, 2.05) is 11.8 Å². The van der Waals surface area contributed by atoms with Crippen LogP contribution in [0.4, 0.5) is 0 Å². The Morgan fingerprint density at radius 3 is 2.50 bits per heavy atom. The summed E-state index contributed by atoms with van der Waals surface area (Å²) in [5.74, 6) is 1.91. The lowest BCUT2D eigenvalue weighted by molar-refractivity contribution is 0.130. The Labute approximate surface area is 157 Å². The molecule has 1 aromatic carbocycles. The minimum absolute atomic E-state index is 0.212. The van der Waals surface area contributed by atoms with Crippen molar-refractivity contribution < 1.29 is 12.8 Å². The lowest BCUT2D eigenvalue weighted by atomic mass is 10.1. The zero-order valence-corrected chi connectivity index (χ0v) is 16.4. The smallest absolute Gasteiger partial charge is 0.408 e. The fraction of sp³-hybridized carbons (Fsp3) is 0.588. The fourth-order valence-electron chi connectivity index (χ4n) is 3.78. The van der Waals surface area contributed by atoms with Crippen LogP contribution in [0, 0.1) is 0 Å². The zero-order chi connectivity index (χ0) is 18.3. The first-order valence-electron chi connectivity index (χ1n) is 8.88. The normalized spacial score (nSPS) is 21.4. The second-order valence-electron chi connectivity index (χ2n) is 6.84. The third-order valence-electron chi connectivity index (χ3n) is 5.38. The first-order chi connectivity index (χ1) is 12.5. The van der Waals surface area contributed by atoms with Crippen molar-refractivity contribution in [3.8, 4) is 0 Å². The van der Waals surface area contributed by atoms with Crippen LogP contribution in [0.5, 0.6) is 0 Å². The van der Waals surface area contributed by atoms with E-state index in [0.717, 1.165) is 13.1 Å². The quantitative estimate of drug-likeness (QED) is 0.778. The lowest BCUT2D eigenvalue weighted by Crippen LogP contribution is -2.52. The lowest BCUT2D eigenvalue weighted by Gasteiger charge is -2.40. The number of benzene rings is 1. The molecule has 0 unspecified atom stereocenters. The van der Waals surface area contributed by atoms with E-state index in [4.69, 9.17) is 4.42 Å². The van der Waals surface area contributed by atoms with Crippen LogP contribution in [0.1, 0.15) is 12.8 Å². The highest BCUT2D eigenvalue weighted by molar-refractivity contribution is 7.99. The van der Waals surface area contributed by atoms with E-state index in [9.17, 15) is 13.2 Å². The molecule has 0 atom stereocenters. The van der Waals surface area contributed by atoms with E-state index < -0.39 is 15.8 Å². The van der Waals surface area contributed by atoms with Gasteiger partial charge in [0.1, 0.15) is 0 Å². The van der Waals surface area contributed by atoms with Gasteiger partial charge in [0.25, 0.3) is 0 Å². The third-order valence-corrected chi connectivity index (χ3v) is 8.32. The fourth-order valence-corrected chi connectivity index (χ4v) is 6.30. The molecule has 9 heteroatoms. The SMILES string of the molecule is Cn1c(=O)oc2ccc(S(=O)(=O)N3CCN(C4CCSCC4)CC3)cc21. The molecular formula is C17H23N3O4S2. The van der Waals surface area contributed by atoms with Gasteiger partial charge in [-0.2, -0.15) is 16.1 Å². The number of thioether (sulfide) groups is 1. The molecule has 0 radical (unpaired) electrons. The summed E-state index contributed by atoms with van der Waals surface area (Å²) in [6, 6.07) is 5.20. The standard InChI is InChI=1S/C17H23N3O4S2/c1-18-15-12-14(2-3-16(15)24-17(18)21)26(22,23)20-8-6-19(7-9-20)13-4-10-25-11-5-13/h2-3,12-13H,4-11H2,1H3. The monoisotopic (exact) mass is 397 g/mol. The Balaban J connectivity index is 1.52. The Bertz CT molecular complexity index is 952. The molecule has 2 fully saturated rings. The maximum Gasteiger partial charge on any atom is 0.419 e. The zero-order valence-electron chi connectivity index (χ0n) is 14.8. The van der Waals surface area contributed by atoms with E-state index in [0.29, 0.717) is 30.2 Å². The second kappa shape index (κ2) is 7.03. The van der Waals surface area contributed by atoms with Gasteiger partial charge in [-0.15, -0.1) is 0 Å². The van der Waals surface area contributed by atoms with Gasteiger partial charge in [0.05, 0.1) is 10.4 Å². The summed E-state index contributed by atoms with van der Waals surface area (Å²) in [6.07, 6.45) is 2.39. The molecule has 4 rings (SSSR count). The Morgan fingerprint density at radius 2 is 1.81 bits per heavy atom. The molecule has 3 heterocycles. The minimum Gasteiger partial charge on any atom is -0.408 e. The number of rotatable bonds is 3. The highest BCUT2D eigenvalue weighted by Crippen LogP contribution is 2.25. The third kappa shape index (κ3) is 3.21. The summed E-state index contributed by atoms with van der Waals surface area (Å²) in [7, 11) is -1.99. The molecule has 0 N–H and O–H groups in total. The number of piperazine rings is 1. The number of fused-ring (bicyclic) bond motifs is 1. The largest absolute Gasteiger partial charge is 0.419 e. The minimum atomic E-state index is -3.57. The van der Waals surface area contributed by atoms with E-state index in [-0.39, 0.29) is 4.90 Å². The molecule has 1 aromatic heterocycles. The summed E-state index contributed by atoms with van der Waals surface area (Å²) in [6.45, 7) is 2.57. The van der Waals surface area contributed by atoms with Crippen molar-refractivity contribution in [2.75, 3.05) is 37.7 Å². The number of nitrogens with zero attached hydrogens (tertiary/aromatic N) is 3. The summed E-state index contributed by atoms with van der Waals surface area (Å²) < 4.78 is 34.0. The number of aryl methyl sites for hydroxylation is 1. The molecule has 2 aromatic rings. The Morgan fingerprint density at radius 1 is 1.12 bits per heavy atom. The van der Waals surface area contributed by atoms with Crippen molar-refractivity contribution in [3.63, 3.8) is 0 Å². The number of hydrogen-bond donors (Lipinski definition) is 0. The maximum atomic E-state index is 13.0. The van der Waals surface area contributed by atoms with Gasteiger partial charge in [-0.3, -0.25) is 9.47 Å². The van der Waals surface area contributed by atoms with Gasteiger partial charge < -0.3 is 4.42 Å². The van der Waals surface area contributed by atoms with Crippen LogP contribution in [0.3, 0.4) is 0 Å². The van der Waals surface area contributed by atoms with Crippen LogP contribution in [0.2, 0.25) is 0 Å². The summed E-state index contributed by atoms with van der Waals surface area (Å²) >= 11 is 2.00. The van der Waals surface area contributed by atoms with Gasteiger partial charge in [-0.1, -0.05) is 0 Å². The van der Waals surface area contributed by atoms with Crippen LogP contribution < -0.4 is 5.76 Å². The van der Waals surface area contributed by atoms with Crippen molar-refractivity contribution in [2.24, 2.45) is 7.05 Å². The topological polar surface area (TPSA) is 75.8 Å². The van der Waals surface area contributed by atoms with Gasteiger partial charge in [0.2, 0.25) is 10.0 Å². The van der Waals surface area contributed by atoms with Crippen LogP contribution in [0.25, 0.3) is 11.1 Å². The highest BCUT2D eigenvalue weighted by atomic mass is 32.2. The summed E-state index contributed by atoms with van der Waals surface area (Å²) in [5, 5.41) is 0. The average Bonchev–Trinajstić information content (AvgIpc) is 2.96. The Kier molecular flexibility index (Phi) is 4.89. The first-order valence-corrected chi connectivity index (χ1v) is 11.5. The summed E-state index contributed by atoms with van der Waals surface area (Å²) in [5.41, 5.74) is 0.894. The van der Waals surface area contributed by atoms with Crippen molar-refractivity contribution in [2.45, 2.75) is 23.8 Å². The molecule has 2 aliphatic heterocycles. The number of oxazole rings is 1. The molecule has 0 bridgehead atoms. The number of hydrogen-bond acceptors (Lipinski definition) is 6. The van der Waals surface area contributed by atoms with Gasteiger partial charge in [0, 0.05) is 39.3 Å².